The largest absolute Gasteiger partial charge is 0.399 e. The Morgan fingerprint density at radius 3 is 2.78 bits per heavy atom. The monoisotopic (exact) mass is 244 g/mol. The van der Waals surface area contributed by atoms with E-state index in [1.807, 2.05) is 16.8 Å². The molecule has 0 unspecified atom stereocenters. The number of rotatable bonds is 3. The van der Waals surface area contributed by atoms with E-state index >= 15 is 0 Å². The van der Waals surface area contributed by atoms with Crippen molar-refractivity contribution in [1.82, 2.24) is 20.2 Å². The van der Waals surface area contributed by atoms with Gasteiger partial charge in [0.15, 0.2) is 5.82 Å². The van der Waals surface area contributed by atoms with Crippen LogP contribution in [0.25, 0.3) is 11.4 Å². The SMILES string of the molecule is CC1(Cn2nnnc2-c2ccc(N)cc2N)CC1. The first-order valence-electron chi connectivity index (χ1n) is 5.99. The van der Waals surface area contributed by atoms with Gasteiger partial charge in [-0.25, -0.2) is 4.68 Å². The molecule has 6 heteroatoms. The number of nitrogens with two attached hydrogens (primary N) is 2. The third-order valence-corrected chi connectivity index (χ3v) is 3.48. The fourth-order valence-electron chi connectivity index (χ4n) is 2.02. The molecule has 0 spiro atoms. The van der Waals surface area contributed by atoms with E-state index in [0.717, 1.165) is 12.1 Å². The molecule has 1 fully saturated rings. The van der Waals surface area contributed by atoms with Gasteiger partial charge in [0, 0.05) is 16.9 Å². The first-order valence-corrected chi connectivity index (χ1v) is 5.99. The van der Waals surface area contributed by atoms with Crippen LogP contribution < -0.4 is 11.5 Å². The minimum atomic E-state index is 0.340. The Morgan fingerprint density at radius 2 is 2.11 bits per heavy atom. The second-order valence-electron chi connectivity index (χ2n) is 5.32. The molecule has 0 radical (unpaired) electrons. The summed E-state index contributed by atoms with van der Waals surface area (Å²) >= 11 is 0. The van der Waals surface area contributed by atoms with Gasteiger partial charge in [-0.1, -0.05) is 6.92 Å². The van der Waals surface area contributed by atoms with Gasteiger partial charge in [0.05, 0.1) is 6.54 Å². The van der Waals surface area contributed by atoms with Crippen molar-refractivity contribution in [3.63, 3.8) is 0 Å². The van der Waals surface area contributed by atoms with Gasteiger partial charge in [0.25, 0.3) is 0 Å². The van der Waals surface area contributed by atoms with Gasteiger partial charge in [-0.15, -0.1) is 5.10 Å². The Balaban J connectivity index is 1.98. The first-order chi connectivity index (χ1) is 8.57. The fourth-order valence-corrected chi connectivity index (χ4v) is 2.02. The van der Waals surface area contributed by atoms with Gasteiger partial charge >= 0.3 is 0 Å². The summed E-state index contributed by atoms with van der Waals surface area (Å²) in [4.78, 5) is 0. The van der Waals surface area contributed by atoms with Crippen molar-refractivity contribution in [2.24, 2.45) is 5.41 Å². The molecule has 4 N–H and O–H groups in total. The van der Waals surface area contributed by atoms with Crippen LogP contribution >= 0.6 is 0 Å². The lowest BCUT2D eigenvalue weighted by Crippen LogP contribution is -2.11. The zero-order chi connectivity index (χ0) is 12.8. The van der Waals surface area contributed by atoms with Gasteiger partial charge < -0.3 is 11.5 Å². The van der Waals surface area contributed by atoms with E-state index in [4.69, 9.17) is 11.5 Å². The molecule has 1 aromatic heterocycles. The number of anilines is 2. The van der Waals surface area contributed by atoms with Crippen LogP contribution in [0.3, 0.4) is 0 Å². The maximum Gasteiger partial charge on any atom is 0.184 e. The van der Waals surface area contributed by atoms with E-state index in [2.05, 4.69) is 22.4 Å². The molecule has 1 aliphatic carbocycles. The van der Waals surface area contributed by atoms with Crippen molar-refractivity contribution < 1.29 is 0 Å². The molecule has 1 aliphatic rings. The van der Waals surface area contributed by atoms with Gasteiger partial charge in [-0.05, 0) is 46.9 Å². The van der Waals surface area contributed by atoms with E-state index in [-0.39, 0.29) is 0 Å². The van der Waals surface area contributed by atoms with Crippen LogP contribution in [0.15, 0.2) is 18.2 Å². The summed E-state index contributed by atoms with van der Waals surface area (Å²) in [5, 5.41) is 11.9. The standard InChI is InChI=1S/C12H16N6/c1-12(4-5-12)7-18-11(15-16-17-18)9-3-2-8(13)6-10(9)14/h2-3,6H,4-5,7,13-14H2,1H3. The zero-order valence-corrected chi connectivity index (χ0v) is 10.3. The molecule has 2 aromatic rings. The van der Waals surface area contributed by atoms with Gasteiger partial charge in [0.2, 0.25) is 0 Å². The summed E-state index contributed by atoms with van der Waals surface area (Å²) in [5.41, 5.74) is 14.1. The van der Waals surface area contributed by atoms with E-state index < -0.39 is 0 Å². The normalized spacial score (nSPS) is 16.7. The zero-order valence-electron chi connectivity index (χ0n) is 10.3. The summed E-state index contributed by atoms with van der Waals surface area (Å²) < 4.78 is 1.83. The molecular formula is C12H16N6. The maximum absolute atomic E-state index is 5.97. The number of tetrazole rings is 1. The smallest absolute Gasteiger partial charge is 0.184 e. The number of hydrogen-bond donors (Lipinski definition) is 2. The molecule has 1 heterocycles. The van der Waals surface area contributed by atoms with Crippen molar-refractivity contribution in [1.29, 1.82) is 0 Å². The van der Waals surface area contributed by atoms with Crippen molar-refractivity contribution >= 4 is 11.4 Å². The molecule has 6 nitrogen and oxygen atoms in total. The number of nitrogen functional groups attached to an aromatic ring is 2. The van der Waals surface area contributed by atoms with E-state index in [1.165, 1.54) is 12.8 Å². The number of nitrogens with zero attached hydrogens (tertiary/aromatic N) is 4. The Labute approximate surface area is 105 Å². The predicted octanol–water partition coefficient (Wildman–Crippen LogP) is 1.30. The molecule has 0 atom stereocenters. The van der Waals surface area contributed by atoms with Gasteiger partial charge in [-0.3, -0.25) is 0 Å². The van der Waals surface area contributed by atoms with Crippen LogP contribution in [0.4, 0.5) is 11.4 Å². The molecule has 0 aliphatic heterocycles. The minimum absolute atomic E-state index is 0.340. The van der Waals surface area contributed by atoms with E-state index in [9.17, 15) is 0 Å². The van der Waals surface area contributed by atoms with E-state index in [1.54, 1.807) is 6.07 Å². The van der Waals surface area contributed by atoms with Crippen LogP contribution in [-0.2, 0) is 6.54 Å². The van der Waals surface area contributed by atoms with Crippen LogP contribution in [0.1, 0.15) is 19.8 Å². The van der Waals surface area contributed by atoms with E-state index in [0.29, 0.717) is 22.6 Å². The molecule has 1 aromatic carbocycles. The summed E-state index contributed by atoms with van der Waals surface area (Å²) in [6, 6.07) is 5.40. The number of aromatic nitrogens is 4. The van der Waals surface area contributed by atoms with Crippen molar-refractivity contribution in [2.75, 3.05) is 11.5 Å². The minimum Gasteiger partial charge on any atom is -0.399 e. The summed E-state index contributed by atoms with van der Waals surface area (Å²) in [5.74, 6) is 0.709. The Bertz CT molecular complexity index is 584. The predicted molar refractivity (Wildman–Crippen MR) is 69.4 cm³/mol. The van der Waals surface area contributed by atoms with Crippen molar-refractivity contribution in [3.05, 3.63) is 18.2 Å². The quantitative estimate of drug-likeness (QED) is 0.793. The van der Waals surface area contributed by atoms with Crippen LogP contribution in [0, 0.1) is 5.41 Å². The lowest BCUT2D eigenvalue weighted by Gasteiger charge is -2.11. The molecule has 0 amide bonds. The summed E-state index contributed by atoms with van der Waals surface area (Å²) in [6.45, 7) is 3.07. The average molecular weight is 244 g/mol. The third kappa shape index (κ3) is 1.90. The molecular weight excluding hydrogens is 228 g/mol. The first kappa shape index (κ1) is 11.0. The van der Waals surface area contributed by atoms with Gasteiger partial charge in [-0.2, -0.15) is 0 Å². The van der Waals surface area contributed by atoms with Crippen LogP contribution in [0.2, 0.25) is 0 Å². The number of hydrogen-bond acceptors (Lipinski definition) is 5. The summed E-state index contributed by atoms with van der Waals surface area (Å²) in [7, 11) is 0. The highest BCUT2D eigenvalue weighted by molar-refractivity contribution is 5.74. The molecule has 18 heavy (non-hydrogen) atoms. The second-order valence-corrected chi connectivity index (χ2v) is 5.32. The molecule has 0 bridgehead atoms. The van der Waals surface area contributed by atoms with Crippen LogP contribution in [-0.4, -0.2) is 20.2 Å². The highest BCUT2D eigenvalue weighted by atomic mass is 15.5. The summed E-state index contributed by atoms with van der Waals surface area (Å²) in [6.07, 6.45) is 2.45. The Kier molecular flexibility index (Phi) is 2.26. The highest BCUT2D eigenvalue weighted by Gasteiger charge is 2.38. The highest BCUT2D eigenvalue weighted by Crippen LogP contribution is 2.46. The van der Waals surface area contributed by atoms with Crippen molar-refractivity contribution in [3.8, 4) is 11.4 Å². The Hall–Kier alpha value is -2.11. The average Bonchev–Trinajstić information content (AvgIpc) is 2.86. The molecule has 3 rings (SSSR count). The Morgan fingerprint density at radius 1 is 1.33 bits per heavy atom. The maximum atomic E-state index is 5.97. The molecule has 0 saturated heterocycles. The number of benzene rings is 1. The molecule has 94 valence electrons. The second kappa shape index (κ2) is 3.69. The van der Waals surface area contributed by atoms with Crippen molar-refractivity contribution in [2.45, 2.75) is 26.3 Å². The van der Waals surface area contributed by atoms with Gasteiger partial charge in [0.1, 0.15) is 0 Å². The van der Waals surface area contributed by atoms with Crippen LogP contribution in [0.5, 0.6) is 0 Å². The lowest BCUT2D eigenvalue weighted by atomic mass is 10.1. The lowest BCUT2D eigenvalue weighted by molar-refractivity contribution is 0.427. The fraction of sp³-hybridized carbons (Fsp3) is 0.417. The topological polar surface area (TPSA) is 95.6 Å². The third-order valence-electron chi connectivity index (χ3n) is 3.48. The molecule has 1 saturated carbocycles.